The number of hydrogen-bond acceptors (Lipinski definition) is 1. The number of hydrogen-bond donors (Lipinski definition) is 1. The molecule has 2 heteroatoms. The minimum atomic E-state index is -0.737. The highest BCUT2D eigenvalue weighted by molar-refractivity contribution is 5.86. The minimum Gasteiger partial charge on any atom is -0.478 e. The molecule has 0 bridgehead atoms. The lowest BCUT2D eigenvalue weighted by molar-refractivity contribution is -0.132. The van der Waals surface area contributed by atoms with Crippen LogP contribution in [0.2, 0.25) is 0 Å². The molecule has 86 valence electrons. The lowest BCUT2D eigenvalue weighted by atomic mass is 9.95. The third-order valence-corrected chi connectivity index (χ3v) is 3.49. The van der Waals surface area contributed by atoms with Crippen molar-refractivity contribution < 1.29 is 9.90 Å². The van der Waals surface area contributed by atoms with Crippen molar-refractivity contribution >= 4 is 5.97 Å². The van der Waals surface area contributed by atoms with E-state index < -0.39 is 5.97 Å². The highest BCUT2D eigenvalue weighted by Crippen LogP contribution is 2.31. The molecular weight excluding hydrogens is 188 g/mol. The third kappa shape index (κ3) is 3.69. The monoisotopic (exact) mass is 210 g/mol. The summed E-state index contributed by atoms with van der Waals surface area (Å²) in [6, 6.07) is 0. The second-order valence-electron chi connectivity index (χ2n) is 4.62. The summed E-state index contributed by atoms with van der Waals surface area (Å²) >= 11 is 0. The Morgan fingerprint density at radius 3 is 2.73 bits per heavy atom. The highest BCUT2D eigenvalue weighted by atomic mass is 16.4. The Hall–Kier alpha value is -0.790. The summed E-state index contributed by atoms with van der Waals surface area (Å²) in [5, 5.41) is 8.94. The normalized spacial score (nSPS) is 25.9. The van der Waals surface area contributed by atoms with Crippen molar-refractivity contribution in [3.8, 4) is 0 Å². The van der Waals surface area contributed by atoms with Gasteiger partial charge in [-0.15, -0.1) is 0 Å². The van der Waals surface area contributed by atoms with Gasteiger partial charge in [-0.3, -0.25) is 0 Å². The molecule has 2 nitrogen and oxygen atoms in total. The van der Waals surface area contributed by atoms with Crippen molar-refractivity contribution in [3.05, 3.63) is 11.1 Å². The Bertz CT molecular complexity index is 253. The van der Waals surface area contributed by atoms with Gasteiger partial charge in [-0.2, -0.15) is 0 Å². The molecule has 0 aromatic heterocycles. The van der Waals surface area contributed by atoms with Crippen molar-refractivity contribution in [1.82, 2.24) is 0 Å². The molecule has 1 aliphatic rings. The quantitative estimate of drug-likeness (QED) is 0.568. The molecule has 1 N–H and O–H groups in total. The van der Waals surface area contributed by atoms with Crippen molar-refractivity contribution in [2.75, 3.05) is 0 Å². The van der Waals surface area contributed by atoms with Gasteiger partial charge in [0.25, 0.3) is 0 Å². The van der Waals surface area contributed by atoms with Crippen molar-refractivity contribution in [3.63, 3.8) is 0 Å². The van der Waals surface area contributed by atoms with Gasteiger partial charge in [-0.05, 0) is 38.5 Å². The van der Waals surface area contributed by atoms with Crippen molar-refractivity contribution in [2.24, 2.45) is 5.92 Å². The average molecular weight is 210 g/mol. The Labute approximate surface area is 92.4 Å². The van der Waals surface area contributed by atoms with Crippen LogP contribution in [-0.2, 0) is 4.79 Å². The fraction of sp³-hybridized carbons (Fsp3) is 0.769. The predicted octanol–water partition coefficient (Wildman–Crippen LogP) is 3.77. The smallest absolute Gasteiger partial charge is 0.331 e. The van der Waals surface area contributed by atoms with Crippen LogP contribution in [0.25, 0.3) is 0 Å². The van der Waals surface area contributed by atoms with E-state index in [9.17, 15) is 4.79 Å². The maximum atomic E-state index is 10.9. The van der Waals surface area contributed by atoms with Crippen LogP contribution in [0.4, 0.5) is 0 Å². The van der Waals surface area contributed by atoms with Crippen LogP contribution >= 0.6 is 0 Å². The summed E-state index contributed by atoms with van der Waals surface area (Å²) in [6.45, 7) is 3.97. The Kier molecular flexibility index (Phi) is 4.86. The lowest BCUT2D eigenvalue weighted by Crippen LogP contribution is -2.01. The maximum Gasteiger partial charge on any atom is 0.331 e. The van der Waals surface area contributed by atoms with Gasteiger partial charge in [0.1, 0.15) is 0 Å². The van der Waals surface area contributed by atoms with Gasteiger partial charge in [-0.25, -0.2) is 4.79 Å². The number of carbonyl (C=O) groups is 1. The summed E-state index contributed by atoms with van der Waals surface area (Å²) in [6.07, 6.45) is 8.20. The van der Waals surface area contributed by atoms with E-state index in [4.69, 9.17) is 5.11 Å². The fourth-order valence-corrected chi connectivity index (χ4v) is 2.47. The Morgan fingerprint density at radius 1 is 1.40 bits per heavy atom. The second kappa shape index (κ2) is 5.94. The lowest BCUT2D eigenvalue weighted by Gasteiger charge is -2.11. The standard InChI is InChI=1S/C13H22O2/c1-3-5-11-6-4-7-12(9-8-11)10(2)13(14)15/h11H,3-9H2,1-2H3,(H,14,15). The molecule has 15 heavy (non-hydrogen) atoms. The first-order valence-corrected chi connectivity index (χ1v) is 6.07. The van der Waals surface area contributed by atoms with Gasteiger partial charge >= 0.3 is 5.97 Å². The molecule has 0 aliphatic heterocycles. The number of allylic oxidation sites excluding steroid dienone is 1. The van der Waals surface area contributed by atoms with Crippen molar-refractivity contribution in [1.29, 1.82) is 0 Å². The molecule has 1 atom stereocenters. The van der Waals surface area contributed by atoms with Crippen molar-refractivity contribution in [2.45, 2.75) is 58.8 Å². The first-order chi connectivity index (χ1) is 7.15. The van der Waals surface area contributed by atoms with Crippen LogP contribution < -0.4 is 0 Å². The zero-order valence-corrected chi connectivity index (χ0v) is 9.88. The van der Waals surface area contributed by atoms with Crippen LogP contribution in [0.5, 0.6) is 0 Å². The molecule has 1 rings (SSSR count). The molecule has 0 saturated heterocycles. The van der Waals surface area contributed by atoms with E-state index in [1.807, 2.05) is 0 Å². The molecule has 0 heterocycles. The zero-order chi connectivity index (χ0) is 11.3. The summed E-state index contributed by atoms with van der Waals surface area (Å²) in [5.74, 6) is 0.0908. The second-order valence-corrected chi connectivity index (χ2v) is 4.62. The number of carboxylic acids is 1. The first-order valence-electron chi connectivity index (χ1n) is 6.07. The van der Waals surface area contributed by atoms with Gasteiger partial charge in [0.05, 0.1) is 0 Å². The summed E-state index contributed by atoms with van der Waals surface area (Å²) < 4.78 is 0. The summed E-state index contributed by atoms with van der Waals surface area (Å²) in [4.78, 5) is 10.9. The van der Waals surface area contributed by atoms with E-state index in [1.54, 1.807) is 6.92 Å². The van der Waals surface area contributed by atoms with Gasteiger partial charge < -0.3 is 5.11 Å². The molecular formula is C13H22O2. The van der Waals surface area contributed by atoms with E-state index in [-0.39, 0.29) is 0 Å². The van der Waals surface area contributed by atoms with Crippen LogP contribution in [-0.4, -0.2) is 11.1 Å². The van der Waals surface area contributed by atoms with E-state index in [2.05, 4.69) is 6.92 Å². The molecule has 1 fully saturated rings. The average Bonchev–Trinajstić information content (AvgIpc) is 2.43. The van der Waals surface area contributed by atoms with Gasteiger partial charge in [0, 0.05) is 5.57 Å². The zero-order valence-electron chi connectivity index (χ0n) is 9.88. The van der Waals surface area contributed by atoms with Crippen LogP contribution in [0.3, 0.4) is 0 Å². The number of rotatable bonds is 3. The highest BCUT2D eigenvalue weighted by Gasteiger charge is 2.17. The Morgan fingerprint density at radius 2 is 2.13 bits per heavy atom. The molecule has 0 aromatic rings. The molecule has 0 aromatic carbocycles. The number of carboxylic acid groups (broad SMARTS) is 1. The fourth-order valence-electron chi connectivity index (χ4n) is 2.47. The maximum absolute atomic E-state index is 10.9. The summed E-state index contributed by atoms with van der Waals surface area (Å²) in [7, 11) is 0. The molecule has 0 spiro atoms. The van der Waals surface area contributed by atoms with E-state index in [0.29, 0.717) is 5.57 Å². The predicted molar refractivity (Wildman–Crippen MR) is 61.8 cm³/mol. The third-order valence-electron chi connectivity index (χ3n) is 3.49. The summed E-state index contributed by atoms with van der Waals surface area (Å²) in [5.41, 5.74) is 1.77. The first kappa shape index (κ1) is 12.3. The SMILES string of the molecule is CCCC1CCCC(=C(C)C(=O)O)CC1. The van der Waals surface area contributed by atoms with Crippen LogP contribution in [0, 0.1) is 5.92 Å². The van der Waals surface area contributed by atoms with E-state index >= 15 is 0 Å². The molecule has 1 saturated carbocycles. The topological polar surface area (TPSA) is 37.3 Å². The molecule has 1 unspecified atom stereocenters. The molecule has 0 amide bonds. The van der Waals surface area contributed by atoms with E-state index in [0.717, 1.165) is 18.8 Å². The van der Waals surface area contributed by atoms with Crippen LogP contribution in [0.15, 0.2) is 11.1 Å². The van der Waals surface area contributed by atoms with Crippen LogP contribution in [0.1, 0.15) is 58.8 Å². The van der Waals surface area contributed by atoms with Gasteiger partial charge in [0.15, 0.2) is 0 Å². The van der Waals surface area contributed by atoms with E-state index in [1.165, 1.54) is 37.7 Å². The number of aliphatic carboxylic acids is 1. The largest absolute Gasteiger partial charge is 0.478 e. The van der Waals surface area contributed by atoms with Gasteiger partial charge in [0.2, 0.25) is 0 Å². The molecule has 1 aliphatic carbocycles. The molecule has 0 radical (unpaired) electrons. The van der Waals surface area contributed by atoms with Gasteiger partial charge in [-0.1, -0.05) is 31.8 Å². The Balaban J connectivity index is 2.59. The minimum absolute atomic E-state index is 0.590.